The average molecular weight is 642 g/mol. The van der Waals surface area contributed by atoms with Crippen LogP contribution in [0.25, 0.3) is 11.0 Å². The summed E-state index contributed by atoms with van der Waals surface area (Å²) in [5.41, 5.74) is 4.50. The third-order valence-electron chi connectivity index (χ3n) is 9.04. The molecular weight excluding hydrogens is 595 g/mol. The Bertz CT molecular complexity index is 1660. The molecule has 0 saturated carbocycles. The predicted octanol–water partition coefficient (Wildman–Crippen LogP) is 6.05. The Hall–Kier alpha value is -3.60. The molecule has 2 aliphatic heterocycles. The summed E-state index contributed by atoms with van der Waals surface area (Å²) in [7, 11) is 4.21. The molecule has 2 fully saturated rings. The Morgan fingerprint density at radius 1 is 1.00 bits per heavy atom. The number of carbonyl (C=O) groups is 1. The Morgan fingerprint density at radius 3 is 2.50 bits per heavy atom. The summed E-state index contributed by atoms with van der Waals surface area (Å²) in [5.74, 6) is 2.26. The highest BCUT2D eigenvalue weighted by molar-refractivity contribution is 8.00. The van der Waals surface area contributed by atoms with Crippen molar-refractivity contribution in [3.8, 4) is 5.75 Å². The molecule has 2 saturated heterocycles. The van der Waals surface area contributed by atoms with E-state index in [2.05, 4.69) is 58.8 Å². The number of aryl methyl sites for hydroxylation is 1. The highest BCUT2D eigenvalue weighted by Gasteiger charge is 2.29. The first-order valence-corrected chi connectivity index (χ1v) is 17.5. The van der Waals surface area contributed by atoms with Crippen molar-refractivity contribution in [3.63, 3.8) is 0 Å². The molecule has 4 aromatic rings. The minimum Gasteiger partial charge on any atom is -0.494 e. The van der Waals surface area contributed by atoms with Crippen LogP contribution in [0.3, 0.4) is 0 Å². The molecule has 0 radical (unpaired) electrons. The molecule has 0 aliphatic carbocycles. The van der Waals surface area contributed by atoms with Crippen LogP contribution in [0.5, 0.6) is 5.75 Å². The fourth-order valence-electron chi connectivity index (χ4n) is 6.56. The van der Waals surface area contributed by atoms with Crippen molar-refractivity contribution in [2.45, 2.75) is 56.2 Å². The van der Waals surface area contributed by atoms with Crippen molar-refractivity contribution in [1.82, 2.24) is 29.2 Å². The van der Waals surface area contributed by atoms with Crippen LogP contribution in [-0.4, -0.2) is 99.4 Å². The lowest BCUT2D eigenvalue weighted by Crippen LogP contribution is -2.52. The smallest absolute Gasteiger partial charge is 0.253 e. The largest absolute Gasteiger partial charge is 0.494 e. The highest BCUT2D eigenvalue weighted by atomic mass is 32.2. The number of hydrogen-bond donors (Lipinski definition) is 1. The van der Waals surface area contributed by atoms with Crippen molar-refractivity contribution >= 4 is 40.2 Å². The standard InChI is InChI=1S/C36H47N7O2S/c1-6-45-31-23-27(36(44)43-17-13-28(14-18-43)42-21-19-40(4)20-22-42)12-11-26(31)24-33-37-30-15-16-41(5)34(30)35(39-33)38-29-9-7-8-10-32(29)46-25(2)3/h7-12,15-16,23,25,28H,6,13-14,17-22,24H2,1-5H3,(H,37,38,39). The first-order chi connectivity index (χ1) is 22.3. The van der Waals surface area contributed by atoms with Gasteiger partial charge in [-0.15, -0.1) is 11.8 Å². The molecule has 0 unspecified atom stereocenters. The minimum atomic E-state index is 0.0794. The number of nitrogens with one attached hydrogen (secondary N) is 1. The molecular formula is C36H47N7O2S. The normalized spacial score (nSPS) is 16.8. The molecule has 244 valence electrons. The molecule has 0 atom stereocenters. The van der Waals surface area contributed by atoms with E-state index in [1.807, 2.05) is 67.2 Å². The number of amides is 1. The van der Waals surface area contributed by atoms with Crippen LogP contribution < -0.4 is 10.1 Å². The highest BCUT2D eigenvalue weighted by Crippen LogP contribution is 2.34. The molecule has 0 spiro atoms. The zero-order valence-electron chi connectivity index (χ0n) is 27.8. The quantitative estimate of drug-likeness (QED) is 0.210. The number of piperidine rings is 1. The van der Waals surface area contributed by atoms with Gasteiger partial charge in [-0.1, -0.05) is 32.0 Å². The molecule has 6 rings (SSSR count). The molecule has 2 aromatic heterocycles. The molecule has 9 nitrogen and oxygen atoms in total. The zero-order chi connectivity index (χ0) is 32.2. The monoisotopic (exact) mass is 641 g/mol. The molecule has 1 N–H and O–H groups in total. The van der Waals surface area contributed by atoms with Gasteiger partial charge >= 0.3 is 0 Å². The van der Waals surface area contributed by atoms with Crippen LogP contribution in [0.2, 0.25) is 0 Å². The van der Waals surface area contributed by atoms with E-state index in [1.165, 1.54) is 4.90 Å². The van der Waals surface area contributed by atoms with Gasteiger partial charge in [0.2, 0.25) is 0 Å². The second-order valence-electron chi connectivity index (χ2n) is 12.7. The zero-order valence-corrected chi connectivity index (χ0v) is 28.6. The van der Waals surface area contributed by atoms with Gasteiger partial charge in [-0.2, -0.15) is 0 Å². The number of piperazine rings is 1. The van der Waals surface area contributed by atoms with Gasteiger partial charge in [-0.3, -0.25) is 9.69 Å². The number of ether oxygens (including phenoxy) is 1. The number of hydrogen-bond acceptors (Lipinski definition) is 8. The summed E-state index contributed by atoms with van der Waals surface area (Å²) in [6.07, 6.45) is 4.56. The minimum absolute atomic E-state index is 0.0794. The number of likely N-dealkylation sites (N-methyl/N-ethyl adjacent to an activating group) is 1. The number of para-hydroxylation sites is 1. The van der Waals surface area contributed by atoms with E-state index in [9.17, 15) is 4.79 Å². The van der Waals surface area contributed by atoms with E-state index in [4.69, 9.17) is 14.7 Å². The summed E-state index contributed by atoms with van der Waals surface area (Å²) in [6, 6.07) is 16.8. The fourth-order valence-corrected chi connectivity index (χ4v) is 7.47. The van der Waals surface area contributed by atoms with Gasteiger partial charge in [0.15, 0.2) is 5.82 Å². The Kier molecular flexibility index (Phi) is 10.2. The number of benzene rings is 2. The molecule has 4 heterocycles. The van der Waals surface area contributed by atoms with Gasteiger partial charge in [0.05, 0.1) is 17.8 Å². The number of fused-ring (bicyclic) bond motifs is 1. The van der Waals surface area contributed by atoms with E-state index in [1.54, 1.807) is 0 Å². The van der Waals surface area contributed by atoms with Crippen LogP contribution in [0.1, 0.15) is 55.4 Å². The van der Waals surface area contributed by atoms with E-state index < -0.39 is 0 Å². The summed E-state index contributed by atoms with van der Waals surface area (Å²) in [4.78, 5) is 31.8. The lowest BCUT2D eigenvalue weighted by molar-refractivity contribution is 0.0518. The number of nitrogens with zero attached hydrogens (tertiary/aromatic N) is 6. The second-order valence-corrected chi connectivity index (χ2v) is 14.3. The van der Waals surface area contributed by atoms with Crippen LogP contribution in [0.15, 0.2) is 59.6 Å². The number of likely N-dealkylation sites (tertiary alicyclic amines) is 1. The number of anilines is 2. The SMILES string of the molecule is CCOc1cc(C(=O)N2CCC(N3CCN(C)CC3)CC2)ccc1Cc1nc(Nc2ccccc2SC(C)C)c2c(ccn2C)n1. The topological polar surface area (TPSA) is 78.8 Å². The summed E-state index contributed by atoms with van der Waals surface area (Å²) in [6.45, 7) is 13.0. The van der Waals surface area contributed by atoms with Crippen molar-refractivity contribution in [1.29, 1.82) is 0 Å². The predicted molar refractivity (Wildman–Crippen MR) is 188 cm³/mol. The summed E-state index contributed by atoms with van der Waals surface area (Å²) >= 11 is 1.83. The van der Waals surface area contributed by atoms with E-state index in [-0.39, 0.29) is 5.91 Å². The van der Waals surface area contributed by atoms with Crippen LogP contribution in [0.4, 0.5) is 11.5 Å². The number of aromatic nitrogens is 3. The van der Waals surface area contributed by atoms with Gasteiger partial charge in [-0.05, 0) is 57.1 Å². The van der Waals surface area contributed by atoms with E-state index in [0.29, 0.717) is 41.5 Å². The average Bonchev–Trinajstić information content (AvgIpc) is 3.43. The number of thioether (sulfide) groups is 1. The lowest BCUT2D eigenvalue weighted by atomic mass is 10.0. The van der Waals surface area contributed by atoms with Gasteiger partial charge in [0.1, 0.15) is 17.1 Å². The molecule has 1 amide bonds. The van der Waals surface area contributed by atoms with Crippen molar-refractivity contribution in [2.24, 2.45) is 7.05 Å². The lowest BCUT2D eigenvalue weighted by Gasteiger charge is -2.42. The third kappa shape index (κ3) is 7.35. The fraction of sp³-hybridized carbons (Fsp3) is 0.472. The van der Waals surface area contributed by atoms with Crippen LogP contribution in [0, 0.1) is 0 Å². The molecule has 2 aromatic carbocycles. The maximum absolute atomic E-state index is 13.6. The molecule has 46 heavy (non-hydrogen) atoms. The Balaban J connectivity index is 1.20. The van der Waals surface area contributed by atoms with Gasteiger partial charge in [0.25, 0.3) is 5.91 Å². The third-order valence-corrected chi connectivity index (χ3v) is 10.1. The Labute approximate surface area is 277 Å². The summed E-state index contributed by atoms with van der Waals surface area (Å²) in [5, 5.41) is 4.08. The molecule has 10 heteroatoms. The molecule has 2 aliphatic rings. The summed E-state index contributed by atoms with van der Waals surface area (Å²) < 4.78 is 8.16. The van der Waals surface area contributed by atoms with Crippen molar-refractivity contribution in [3.05, 3.63) is 71.7 Å². The van der Waals surface area contributed by atoms with Crippen molar-refractivity contribution in [2.75, 3.05) is 58.2 Å². The van der Waals surface area contributed by atoms with Gasteiger partial charge < -0.3 is 24.4 Å². The maximum Gasteiger partial charge on any atom is 0.253 e. The number of rotatable bonds is 10. The van der Waals surface area contributed by atoms with Gasteiger partial charge in [0, 0.05) is 86.2 Å². The van der Waals surface area contributed by atoms with E-state index in [0.717, 1.165) is 80.2 Å². The molecule has 0 bridgehead atoms. The van der Waals surface area contributed by atoms with Gasteiger partial charge in [-0.25, -0.2) is 9.97 Å². The number of carbonyl (C=O) groups excluding carboxylic acids is 1. The Morgan fingerprint density at radius 2 is 1.76 bits per heavy atom. The second kappa shape index (κ2) is 14.4. The van der Waals surface area contributed by atoms with Crippen LogP contribution in [-0.2, 0) is 13.5 Å². The maximum atomic E-state index is 13.6. The first kappa shape index (κ1) is 32.3. The first-order valence-electron chi connectivity index (χ1n) is 16.6. The van der Waals surface area contributed by atoms with Crippen molar-refractivity contribution < 1.29 is 9.53 Å². The van der Waals surface area contributed by atoms with Crippen LogP contribution >= 0.6 is 11.8 Å². The van der Waals surface area contributed by atoms with E-state index >= 15 is 0 Å².